The molecular weight excluding hydrogens is 536 g/mol. The SMILES string of the molecule is CCC[N+]1(CCC)CC(C(=O)OCC)(C(=O)OCC)CC1CI.[I-]. The molecule has 0 N–H and O–H groups in total. The minimum atomic E-state index is -1.13. The van der Waals surface area contributed by atoms with Gasteiger partial charge in [-0.15, -0.1) is 0 Å². The third-order valence-electron chi connectivity index (χ3n) is 4.79. The molecule has 1 aliphatic heterocycles. The zero-order valence-corrected chi connectivity index (χ0v) is 19.6. The molecule has 142 valence electrons. The number of halogens is 2. The lowest BCUT2D eigenvalue weighted by atomic mass is 9.85. The maximum absolute atomic E-state index is 12.7. The van der Waals surface area contributed by atoms with Crippen molar-refractivity contribution >= 4 is 34.5 Å². The van der Waals surface area contributed by atoms with Gasteiger partial charge in [0.2, 0.25) is 5.41 Å². The van der Waals surface area contributed by atoms with Crippen molar-refractivity contribution in [1.82, 2.24) is 0 Å². The summed E-state index contributed by atoms with van der Waals surface area (Å²) in [6, 6.07) is 0.296. The largest absolute Gasteiger partial charge is 1.00 e. The molecule has 0 aromatic heterocycles. The highest BCUT2D eigenvalue weighted by molar-refractivity contribution is 14.1. The topological polar surface area (TPSA) is 52.6 Å². The molecule has 24 heavy (non-hydrogen) atoms. The zero-order valence-electron chi connectivity index (χ0n) is 15.3. The smallest absolute Gasteiger partial charge is 0.329 e. The monoisotopic (exact) mass is 567 g/mol. The van der Waals surface area contributed by atoms with Crippen LogP contribution in [-0.4, -0.2) is 59.7 Å². The maximum atomic E-state index is 12.7. The average molecular weight is 567 g/mol. The molecule has 0 aromatic rings. The Bertz CT molecular complexity index is 393. The summed E-state index contributed by atoms with van der Waals surface area (Å²) in [6.07, 6.45) is 2.61. The van der Waals surface area contributed by atoms with Crippen LogP contribution in [-0.2, 0) is 19.1 Å². The van der Waals surface area contributed by atoms with E-state index in [0.717, 1.165) is 34.8 Å². The fourth-order valence-corrected chi connectivity index (χ4v) is 5.12. The molecule has 0 saturated carbocycles. The van der Waals surface area contributed by atoms with Crippen LogP contribution in [0.5, 0.6) is 0 Å². The Kier molecular flexibility index (Phi) is 11.3. The molecule has 0 spiro atoms. The fraction of sp³-hybridized carbons (Fsp3) is 0.882. The average Bonchev–Trinajstić information content (AvgIpc) is 2.84. The zero-order chi connectivity index (χ0) is 17.5. The van der Waals surface area contributed by atoms with Gasteiger partial charge in [0.05, 0.1) is 30.7 Å². The van der Waals surface area contributed by atoms with Gasteiger partial charge in [0.25, 0.3) is 0 Å². The van der Waals surface area contributed by atoms with Crippen molar-refractivity contribution in [3.05, 3.63) is 0 Å². The Morgan fingerprint density at radius 2 is 1.50 bits per heavy atom. The van der Waals surface area contributed by atoms with Crippen molar-refractivity contribution in [2.24, 2.45) is 5.41 Å². The van der Waals surface area contributed by atoms with Gasteiger partial charge in [0.15, 0.2) is 0 Å². The fourth-order valence-electron chi connectivity index (χ4n) is 3.97. The van der Waals surface area contributed by atoms with Gasteiger partial charge in [0, 0.05) is 6.42 Å². The summed E-state index contributed by atoms with van der Waals surface area (Å²) in [7, 11) is 0. The third kappa shape index (κ3) is 4.96. The first kappa shape index (κ1) is 24.4. The summed E-state index contributed by atoms with van der Waals surface area (Å²) in [5.41, 5.74) is -1.13. The Balaban J connectivity index is 0.00000529. The van der Waals surface area contributed by atoms with Crippen LogP contribution in [0.4, 0.5) is 0 Å². The van der Waals surface area contributed by atoms with Gasteiger partial charge < -0.3 is 37.9 Å². The normalized spacial score (nSPS) is 21.0. The minimum Gasteiger partial charge on any atom is -1.00 e. The van der Waals surface area contributed by atoms with E-state index in [0.29, 0.717) is 19.0 Å². The molecule has 0 aromatic carbocycles. The van der Waals surface area contributed by atoms with E-state index in [9.17, 15) is 9.59 Å². The van der Waals surface area contributed by atoms with Crippen LogP contribution in [0.15, 0.2) is 0 Å². The Labute approximate surface area is 176 Å². The van der Waals surface area contributed by atoms with E-state index in [1.165, 1.54) is 0 Å². The number of carbonyl (C=O) groups is 2. The number of ether oxygens (including phenoxy) is 2. The van der Waals surface area contributed by atoms with Crippen molar-refractivity contribution in [2.45, 2.75) is 53.0 Å². The molecule has 0 amide bonds. The van der Waals surface area contributed by atoms with Crippen LogP contribution in [0.25, 0.3) is 0 Å². The summed E-state index contributed by atoms with van der Waals surface area (Å²) >= 11 is 2.38. The summed E-state index contributed by atoms with van der Waals surface area (Å²) in [4.78, 5) is 25.4. The molecule has 1 rings (SSSR count). The van der Waals surface area contributed by atoms with Gasteiger partial charge in [-0.05, 0) is 26.7 Å². The Morgan fingerprint density at radius 3 is 1.83 bits per heavy atom. The maximum Gasteiger partial charge on any atom is 0.329 e. The van der Waals surface area contributed by atoms with Crippen LogP contribution < -0.4 is 24.0 Å². The minimum absolute atomic E-state index is 0. The first-order valence-corrected chi connectivity index (χ1v) is 10.2. The van der Waals surface area contributed by atoms with Crippen LogP contribution in [0, 0.1) is 5.41 Å². The number of likely N-dealkylation sites (tertiary alicyclic amines) is 1. The van der Waals surface area contributed by atoms with Crippen LogP contribution in [0.2, 0.25) is 0 Å². The molecule has 1 aliphatic rings. The first-order valence-electron chi connectivity index (χ1n) is 8.72. The molecule has 0 bridgehead atoms. The number of rotatable bonds is 9. The van der Waals surface area contributed by atoms with E-state index in [1.807, 2.05) is 0 Å². The van der Waals surface area contributed by atoms with Crippen molar-refractivity contribution in [1.29, 1.82) is 0 Å². The summed E-state index contributed by atoms with van der Waals surface area (Å²) in [5, 5.41) is 0. The Hall–Kier alpha value is 0.360. The van der Waals surface area contributed by atoms with Crippen LogP contribution in [0.3, 0.4) is 0 Å². The van der Waals surface area contributed by atoms with E-state index < -0.39 is 17.4 Å². The second kappa shape index (κ2) is 11.2. The van der Waals surface area contributed by atoms with Gasteiger partial charge in [-0.1, -0.05) is 36.4 Å². The molecule has 1 fully saturated rings. The highest BCUT2D eigenvalue weighted by Crippen LogP contribution is 2.43. The number of nitrogens with zero attached hydrogens (tertiary/aromatic N) is 1. The van der Waals surface area contributed by atoms with E-state index in [1.54, 1.807) is 13.8 Å². The molecule has 1 saturated heterocycles. The lowest BCUT2D eigenvalue weighted by Gasteiger charge is -2.40. The molecule has 7 heteroatoms. The van der Waals surface area contributed by atoms with Crippen molar-refractivity contribution in [3.63, 3.8) is 0 Å². The van der Waals surface area contributed by atoms with E-state index >= 15 is 0 Å². The van der Waals surface area contributed by atoms with E-state index in [-0.39, 0.29) is 37.2 Å². The molecule has 5 nitrogen and oxygen atoms in total. The summed E-state index contributed by atoms with van der Waals surface area (Å²) in [6.45, 7) is 10.9. The van der Waals surface area contributed by atoms with E-state index in [4.69, 9.17) is 9.47 Å². The number of esters is 2. The lowest BCUT2D eigenvalue weighted by molar-refractivity contribution is -0.938. The lowest BCUT2D eigenvalue weighted by Crippen LogP contribution is -3.00. The highest BCUT2D eigenvalue weighted by atomic mass is 127. The highest BCUT2D eigenvalue weighted by Gasteiger charge is 2.64. The van der Waals surface area contributed by atoms with Crippen molar-refractivity contribution in [3.8, 4) is 0 Å². The number of hydrogen-bond donors (Lipinski definition) is 0. The molecule has 1 unspecified atom stereocenters. The third-order valence-corrected chi connectivity index (χ3v) is 5.81. The second-order valence-electron chi connectivity index (χ2n) is 6.36. The van der Waals surface area contributed by atoms with Crippen molar-refractivity contribution < 1.29 is 47.5 Å². The predicted octanol–water partition coefficient (Wildman–Crippen LogP) is -0.0529. The Morgan fingerprint density at radius 1 is 1.04 bits per heavy atom. The molecule has 1 atom stereocenters. The van der Waals surface area contributed by atoms with Crippen LogP contribution >= 0.6 is 22.6 Å². The van der Waals surface area contributed by atoms with Crippen molar-refractivity contribution in [2.75, 3.05) is 37.3 Å². The summed E-state index contributed by atoms with van der Waals surface area (Å²) in [5.74, 6) is -0.805. The molecule has 0 aliphatic carbocycles. The number of quaternary nitrogens is 1. The molecular formula is C17H31I2NO4. The first-order chi connectivity index (χ1) is 11.0. The van der Waals surface area contributed by atoms with Gasteiger partial charge in [0.1, 0.15) is 12.6 Å². The standard InChI is InChI=1S/C17H31INO4.HI/c1-5-9-19(10-6-2)13-17(11-14(19)12-18,15(20)22-7-3)16(21)23-8-4;/h14H,5-13H2,1-4H3;1H/q+1;/p-1. The summed E-state index contributed by atoms with van der Waals surface area (Å²) < 4.78 is 12.3. The van der Waals surface area contributed by atoms with Gasteiger partial charge in [-0.25, -0.2) is 0 Å². The van der Waals surface area contributed by atoms with Crippen LogP contribution in [0.1, 0.15) is 47.0 Å². The molecule has 0 radical (unpaired) electrons. The predicted molar refractivity (Wildman–Crippen MR) is 98.4 cm³/mol. The second-order valence-corrected chi connectivity index (χ2v) is 7.24. The number of alkyl halides is 1. The van der Waals surface area contributed by atoms with Gasteiger partial charge in [-0.2, -0.15) is 0 Å². The number of hydrogen-bond acceptors (Lipinski definition) is 4. The van der Waals surface area contributed by atoms with Gasteiger partial charge in [-0.3, -0.25) is 9.59 Å². The van der Waals surface area contributed by atoms with Gasteiger partial charge >= 0.3 is 11.9 Å². The number of carbonyl (C=O) groups excluding carboxylic acids is 2. The molecule has 1 heterocycles. The quantitative estimate of drug-likeness (QED) is 0.129. The van der Waals surface area contributed by atoms with E-state index in [2.05, 4.69) is 36.4 Å².